The number of hydrogen-bond donors (Lipinski definition) is 2. The zero-order valence-electron chi connectivity index (χ0n) is 18.5. The number of aromatic nitrogens is 1. The molecule has 0 unspecified atom stereocenters. The van der Waals surface area contributed by atoms with Crippen LogP contribution in [0.1, 0.15) is 11.6 Å². The standard InChI is InChI=1S/C25H25F2N5O2/c26-19-8-9-22(21(27)15-19)30-25(34)24(33)29-17-23(18-5-4-10-28-16-18)32-13-11-31(12-14-32)20-6-2-1-3-7-20/h1-10,15-16,23H,11-14,17H2,(H,29,33)(H,30,34)/t23-/m1/s1. The minimum atomic E-state index is -1.02. The molecule has 2 N–H and O–H groups in total. The van der Waals surface area contributed by atoms with Crippen LogP contribution in [-0.4, -0.2) is 54.4 Å². The van der Waals surface area contributed by atoms with E-state index < -0.39 is 23.4 Å². The van der Waals surface area contributed by atoms with Crippen LogP contribution in [0, 0.1) is 11.6 Å². The zero-order chi connectivity index (χ0) is 23.9. The van der Waals surface area contributed by atoms with Gasteiger partial charge in [-0.15, -0.1) is 0 Å². The molecule has 1 aliphatic heterocycles. The van der Waals surface area contributed by atoms with E-state index in [1.165, 1.54) is 0 Å². The summed E-state index contributed by atoms with van der Waals surface area (Å²) in [6.45, 7) is 3.34. The average Bonchev–Trinajstić information content (AvgIpc) is 2.87. The maximum atomic E-state index is 13.8. The fraction of sp³-hybridized carbons (Fsp3) is 0.240. The Kier molecular flexibility index (Phi) is 7.44. The van der Waals surface area contributed by atoms with Crippen LogP contribution in [-0.2, 0) is 9.59 Å². The van der Waals surface area contributed by atoms with Crippen LogP contribution < -0.4 is 15.5 Å². The maximum absolute atomic E-state index is 13.8. The quantitative estimate of drug-likeness (QED) is 0.548. The van der Waals surface area contributed by atoms with Gasteiger partial charge in [0, 0.05) is 56.9 Å². The molecule has 34 heavy (non-hydrogen) atoms. The van der Waals surface area contributed by atoms with E-state index in [9.17, 15) is 18.4 Å². The Morgan fingerprint density at radius 3 is 2.38 bits per heavy atom. The van der Waals surface area contributed by atoms with Crippen molar-refractivity contribution in [2.75, 3.05) is 42.9 Å². The predicted octanol–water partition coefficient (Wildman–Crippen LogP) is 2.98. The molecule has 176 valence electrons. The summed E-state index contributed by atoms with van der Waals surface area (Å²) in [5.74, 6) is -3.65. The number of benzene rings is 2. The Morgan fingerprint density at radius 1 is 0.941 bits per heavy atom. The van der Waals surface area contributed by atoms with Crippen LogP contribution in [0.3, 0.4) is 0 Å². The Hall–Kier alpha value is -3.85. The molecule has 0 spiro atoms. The van der Waals surface area contributed by atoms with Crippen molar-refractivity contribution in [2.45, 2.75) is 6.04 Å². The Balaban J connectivity index is 1.39. The lowest BCUT2D eigenvalue weighted by Gasteiger charge is -2.40. The van der Waals surface area contributed by atoms with Gasteiger partial charge in [-0.25, -0.2) is 8.78 Å². The first kappa shape index (κ1) is 23.3. The minimum absolute atomic E-state index is 0.176. The first-order chi connectivity index (χ1) is 16.5. The number of nitrogens with zero attached hydrogens (tertiary/aromatic N) is 3. The summed E-state index contributed by atoms with van der Waals surface area (Å²) in [5, 5.41) is 4.82. The fourth-order valence-corrected chi connectivity index (χ4v) is 4.00. The van der Waals surface area contributed by atoms with Gasteiger partial charge < -0.3 is 15.5 Å². The first-order valence-electron chi connectivity index (χ1n) is 11.0. The number of rotatable bonds is 6. The second kappa shape index (κ2) is 10.8. The van der Waals surface area contributed by atoms with E-state index in [2.05, 4.69) is 37.6 Å². The van der Waals surface area contributed by atoms with E-state index >= 15 is 0 Å². The van der Waals surface area contributed by atoms with Crippen molar-refractivity contribution in [3.8, 4) is 0 Å². The van der Waals surface area contributed by atoms with Crippen LogP contribution in [0.15, 0.2) is 73.1 Å². The van der Waals surface area contributed by atoms with E-state index in [0.29, 0.717) is 6.07 Å². The molecule has 0 bridgehead atoms. The lowest BCUT2D eigenvalue weighted by molar-refractivity contribution is -0.136. The monoisotopic (exact) mass is 465 g/mol. The van der Waals surface area contributed by atoms with Crippen molar-refractivity contribution in [1.82, 2.24) is 15.2 Å². The second-order valence-corrected chi connectivity index (χ2v) is 7.95. The summed E-state index contributed by atoms with van der Waals surface area (Å²) in [4.78, 5) is 33.4. The summed E-state index contributed by atoms with van der Waals surface area (Å²) in [7, 11) is 0. The molecule has 2 aromatic carbocycles. The number of nitrogens with one attached hydrogen (secondary N) is 2. The third kappa shape index (κ3) is 5.74. The van der Waals surface area contributed by atoms with Crippen molar-refractivity contribution in [3.63, 3.8) is 0 Å². The largest absolute Gasteiger partial charge is 0.369 e. The van der Waals surface area contributed by atoms with Crippen molar-refractivity contribution in [3.05, 3.63) is 90.3 Å². The highest BCUT2D eigenvalue weighted by Gasteiger charge is 2.27. The van der Waals surface area contributed by atoms with Crippen LogP contribution in [0.4, 0.5) is 20.2 Å². The summed E-state index contributed by atoms with van der Waals surface area (Å²) < 4.78 is 26.9. The van der Waals surface area contributed by atoms with E-state index in [1.54, 1.807) is 12.4 Å². The molecule has 0 radical (unpaired) electrons. The summed E-state index contributed by atoms with van der Waals surface area (Å²) in [6, 6.07) is 16.5. The van der Waals surface area contributed by atoms with Gasteiger partial charge >= 0.3 is 11.8 Å². The van der Waals surface area contributed by atoms with Crippen LogP contribution >= 0.6 is 0 Å². The number of carbonyl (C=O) groups is 2. The summed E-state index contributed by atoms with van der Waals surface area (Å²) in [6.07, 6.45) is 3.42. The second-order valence-electron chi connectivity index (χ2n) is 7.95. The highest BCUT2D eigenvalue weighted by atomic mass is 19.1. The topological polar surface area (TPSA) is 77.6 Å². The molecule has 0 saturated carbocycles. The van der Waals surface area contributed by atoms with E-state index in [-0.39, 0.29) is 18.3 Å². The van der Waals surface area contributed by atoms with Crippen LogP contribution in [0.25, 0.3) is 0 Å². The first-order valence-corrected chi connectivity index (χ1v) is 11.0. The van der Waals surface area contributed by atoms with Crippen molar-refractivity contribution >= 4 is 23.2 Å². The summed E-state index contributed by atoms with van der Waals surface area (Å²) in [5.41, 5.74) is 1.82. The highest BCUT2D eigenvalue weighted by molar-refractivity contribution is 6.39. The molecule has 1 saturated heterocycles. The lowest BCUT2D eigenvalue weighted by Crippen LogP contribution is -2.50. The maximum Gasteiger partial charge on any atom is 0.313 e. The fourth-order valence-electron chi connectivity index (χ4n) is 4.00. The number of amides is 2. The van der Waals surface area contributed by atoms with Crippen molar-refractivity contribution in [1.29, 1.82) is 0 Å². The van der Waals surface area contributed by atoms with Gasteiger partial charge in [-0.05, 0) is 35.9 Å². The molecule has 0 aliphatic carbocycles. The van der Waals surface area contributed by atoms with Gasteiger partial charge in [-0.1, -0.05) is 24.3 Å². The number of halogens is 2. The minimum Gasteiger partial charge on any atom is -0.369 e. The summed E-state index contributed by atoms with van der Waals surface area (Å²) >= 11 is 0. The Bertz CT molecular complexity index is 1120. The number of anilines is 2. The Morgan fingerprint density at radius 2 is 1.71 bits per heavy atom. The molecule has 7 nitrogen and oxygen atoms in total. The molecule has 3 aromatic rings. The number of pyridine rings is 1. The smallest absolute Gasteiger partial charge is 0.313 e. The van der Waals surface area contributed by atoms with Gasteiger partial charge in [0.15, 0.2) is 0 Å². The van der Waals surface area contributed by atoms with Gasteiger partial charge in [0.1, 0.15) is 11.6 Å². The van der Waals surface area contributed by atoms with E-state index in [1.807, 2.05) is 30.3 Å². The SMILES string of the molecule is O=C(NC[C@H](c1cccnc1)N1CCN(c2ccccc2)CC1)C(=O)Nc1ccc(F)cc1F. The Labute approximate surface area is 196 Å². The molecule has 4 rings (SSSR count). The van der Waals surface area contributed by atoms with Gasteiger partial charge in [-0.3, -0.25) is 19.5 Å². The van der Waals surface area contributed by atoms with Crippen LogP contribution in [0.2, 0.25) is 0 Å². The third-order valence-electron chi connectivity index (χ3n) is 5.79. The van der Waals surface area contributed by atoms with Gasteiger partial charge in [0.25, 0.3) is 0 Å². The molecule has 9 heteroatoms. The predicted molar refractivity (Wildman–Crippen MR) is 125 cm³/mol. The molecule has 1 aliphatic rings. The highest BCUT2D eigenvalue weighted by Crippen LogP contribution is 2.23. The van der Waals surface area contributed by atoms with Crippen molar-refractivity contribution < 1.29 is 18.4 Å². The third-order valence-corrected chi connectivity index (χ3v) is 5.79. The van der Waals surface area contributed by atoms with Crippen molar-refractivity contribution in [2.24, 2.45) is 0 Å². The normalized spacial score (nSPS) is 14.9. The molecule has 2 heterocycles. The number of carbonyl (C=O) groups excluding carboxylic acids is 2. The average molecular weight is 466 g/mol. The molecule has 1 atom stereocenters. The molecular weight excluding hydrogens is 440 g/mol. The van der Waals surface area contributed by atoms with Gasteiger partial charge in [0.2, 0.25) is 0 Å². The molecule has 2 amide bonds. The lowest BCUT2D eigenvalue weighted by atomic mass is 10.1. The van der Waals surface area contributed by atoms with Gasteiger partial charge in [-0.2, -0.15) is 0 Å². The number of para-hydroxylation sites is 1. The molecule has 1 aromatic heterocycles. The molecular formula is C25H25F2N5O2. The van der Waals surface area contributed by atoms with Crippen LogP contribution in [0.5, 0.6) is 0 Å². The zero-order valence-corrected chi connectivity index (χ0v) is 18.5. The van der Waals surface area contributed by atoms with E-state index in [4.69, 9.17) is 0 Å². The van der Waals surface area contributed by atoms with E-state index in [0.717, 1.165) is 49.6 Å². The number of hydrogen-bond acceptors (Lipinski definition) is 5. The van der Waals surface area contributed by atoms with Gasteiger partial charge in [0.05, 0.1) is 11.7 Å². The number of piperazine rings is 1. The molecule has 1 fully saturated rings.